The van der Waals surface area contributed by atoms with E-state index in [1.54, 1.807) is 25.1 Å². The van der Waals surface area contributed by atoms with Crippen LogP contribution in [0.3, 0.4) is 0 Å². The van der Waals surface area contributed by atoms with Crippen molar-refractivity contribution in [2.75, 3.05) is 19.8 Å². The summed E-state index contributed by atoms with van der Waals surface area (Å²) in [6.45, 7) is 3.68. The van der Waals surface area contributed by atoms with Gasteiger partial charge >= 0.3 is 0 Å². The Bertz CT molecular complexity index is 374. The average Bonchev–Trinajstić information content (AvgIpc) is 2.14. The number of amides is 1. The number of hydrogen-bond donors (Lipinski definition) is 1. The average molecular weight is 240 g/mol. The molecule has 0 aromatic carbocycles. The first-order chi connectivity index (χ1) is 7.40. The third-order valence-corrected chi connectivity index (χ3v) is 2.87. The number of thioether (sulfide) groups is 1. The van der Waals surface area contributed by atoms with Gasteiger partial charge in [0.25, 0.3) is 0 Å². The Morgan fingerprint density at radius 3 is 2.62 bits per heavy atom. The molecule has 0 aliphatic rings. The summed E-state index contributed by atoms with van der Waals surface area (Å²) in [7, 11) is 3.45. The van der Waals surface area contributed by atoms with Crippen molar-refractivity contribution in [3.63, 3.8) is 0 Å². The molecule has 1 aromatic rings. The van der Waals surface area contributed by atoms with Crippen LogP contribution in [0.5, 0.6) is 0 Å². The molecule has 0 saturated heterocycles. The molecule has 1 rings (SSSR count). The number of carbonyl (C=O) groups excluding carboxylic acids is 1. The Morgan fingerprint density at radius 1 is 1.50 bits per heavy atom. The van der Waals surface area contributed by atoms with Gasteiger partial charge in [-0.2, -0.15) is 0 Å². The molecule has 1 amide bonds. The summed E-state index contributed by atoms with van der Waals surface area (Å²) in [6.07, 6.45) is 0. The first kappa shape index (κ1) is 12.8. The summed E-state index contributed by atoms with van der Waals surface area (Å²) in [5.74, 6) is 0.466. The summed E-state index contributed by atoms with van der Waals surface area (Å²) >= 11 is 1.31. The zero-order chi connectivity index (χ0) is 12.3. The number of nitrogens with two attached hydrogens (primary N) is 1. The zero-order valence-corrected chi connectivity index (χ0v) is 10.7. The second-order valence-corrected chi connectivity index (χ2v) is 5.02. The lowest BCUT2D eigenvalue weighted by Crippen LogP contribution is -2.29. The molecular weight excluding hydrogens is 224 g/mol. The van der Waals surface area contributed by atoms with Gasteiger partial charge in [-0.25, -0.2) is 9.97 Å². The van der Waals surface area contributed by atoms with Gasteiger partial charge in [-0.3, -0.25) is 4.79 Å². The lowest BCUT2D eigenvalue weighted by molar-refractivity contribution is -0.127. The predicted octanol–water partition coefficient (Wildman–Crippen LogP) is 0.936. The maximum atomic E-state index is 11.6. The van der Waals surface area contributed by atoms with Crippen molar-refractivity contribution < 1.29 is 4.79 Å². The summed E-state index contributed by atoms with van der Waals surface area (Å²) in [5, 5.41) is 0.330. The molecule has 2 N–H and O–H groups in total. The number of nitrogen functional groups attached to an aromatic ring is 1. The van der Waals surface area contributed by atoms with Gasteiger partial charge in [0.15, 0.2) is 5.16 Å². The van der Waals surface area contributed by atoms with E-state index in [9.17, 15) is 4.79 Å². The van der Waals surface area contributed by atoms with Crippen LogP contribution in [0.25, 0.3) is 0 Å². The van der Waals surface area contributed by atoms with Crippen molar-refractivity contribution in [1.82, 2.24) is 14.9 Å². The normalized spacial score (nSPS) is 12.2. The van der Waals surface area contributed by atoms with Gasteiger partial charge in [-0.05, 0) is 13.8 Å². The van der Waals surface area contributed by atoms with Gasteiger partial charge in [0.05, 0.1) is 5.25 Å². The van der Waals surface area contributed by atoms with Gasteiger partial charge < -0.3 is 10.6 Å². The molecule has 0 bridgehead atoms. The van der Waals surface area contributed by atoms with Crippen molar-refractivity contribution in [3.05, 3.63) is 11.8 Å². The molecular formula is C10H16N4OS. The number of nitrogens with zero attached hydrogens (tertiary/aromatic N) is 3. The van der Waals surface area contributed by atoms with Crippen LogP contribution < -0.4 is 5.73 Å². The Labute approximate surface area is 99.4 Å². The third kappa shape index (κ3) is 3.37. The number of aryl methyl sites for hydroxylation is 1. The Kier molecular flexibility index (Phi) is 4.12. The molecule has 5 nitrogen and oxygen atoms in total. The summed E-state index contributed by atoms with van der Waals surface area (Å²) in [4.78, 5) is 21.5. The molecule has 0 spiro atoms. The van der Waals surface area contributed by atoms with Gasteiger partial charge in [-0.15, -0.1) is 0 Å². The van der Waals surface area contributed by atoms with Crippen LogP contribution in [0.2, 0.25) is 0 Å². The smallest absolute Gasteiger partial charge is 0.235 e. The van der Waals surface area contributed by atoms with E-state index in [0.29, 0.717) is 11.0 Å². The minimum atomic E-state index is -0.212. The van der Waals surface area contributed by atoms with E-state index in [1.807, 2.05) is 13.8 Å². The van der Waals surface area contributed by atoms with Gasteiger partial charge in [-0.1, -0.05) is 11.8 Å². The highest BCUT2D eigenvalue weighted by Gasteiger charge is 2.17. The van der Waals surface area contributed by atoms with E-state index in [-0.39, 0.29) is 11.2 Å². The molecule has 88 valence electrons. The van der Waals surface area contributed by atoms with E-state index in [2.05, 4.69) is 9.97 Å². The lowest BCUT2D eigenvalue weighted by Gasteiger charge is -2.15. The molecule has 6 heteroatoms. The second kappa shape index (κ2) is 5.16. The largest absolute Gasteiger partial charge is 0.384 e. The van der Waals surface area contributed by atoms with E-state index < -0.39 is 0 Å². The molecule has 0 fully saturated rings. The fourth-order valence-electron chi connectivity index (χ4n) is 1.19. The predicted molar refractivity (Wildman–Crippen MR) is 65.2 cm³/mol. The summed E-state index contributed by atoms with van der Waals surface area (Å²) < 4.78 is 0. The maximum Gasteiger partial charge on any atom is 0.235 e. The number of aromatic nitrogens is 2. The van der Waals surface area contributed by atoms with E-state index in [1.165, 1.54) is 11.8 Å². The SMILES string of the molecule is Cc1cc(N)nc(SC(C)C(=O)N(C)C)n1. The fraction of sp³-hybridized carbons (Fsp3) is 0.500. The van der Waals surface area contributed by atoms with Crippen molar-refractivity contribution in [2.45, 2.75) is 24.3 Å². The van der Waals surface area contributed by atoms with Gasteiger partial charge in [0, 0.05) is 25.9 Å². The van der Waals surface area contributed by atoms with Crippen molar-refractivity contribution >= 4 is 23.5 Å². The first-order valence-electron chi connectivity index (χ1n) is 4.89. The molecule has 1 unspecified atom stereocenters. The topological polar surface area (TPSA) is 72.1 Å². The highest BCUT2D eigenvalue weighted by molar-refractivity contribution is 8.00. The molecule has 0 saturated carbocycles. The standard InChI is InChI=1S/C10H16N4OS/c1-6-5-8(11)13-10(12-6)16-7(2)9(15)14(3)4/h5,7H,1-4H3,(H2,11,12,13). The van der Waals surface area contributed by atoms with E-state index >= 15 is 0 Å². The molecule has 1 aromatic heterocycles. The third-order valence-electron chi connectivity index (χ3n) is 1.92. The van der Waals surface area contributed by atoms with Crippen LogP contribution in [-0.4, -0.2) is 40.1 Å². The van der Waals surface area contributed by atoms with Crippen LogP contribution in [0.1, 0.15) is 12.6 Å². The van der Waals surface area contributed by atoms with Gasteiger partial charge in [0.2, 0.25) is 5.91 Å². The number of anilines is 1. The molecule has 0 radical (unpaired) electrons. The van der Waals surface area contributed by atoms with Crippen LogP contribution >= 0.6 is 11.8 Å². The van der Waals surface area contributed by atoms with Crippen molar-refractivity contribution in [2.24, 2.45) is 0 Å². The number of hydrogen-bond acceptors (Lipinski definition) is 5. The minimum Gasteiger partial charge on any atom is -0.384 e. The molecule has 16 heavy (non-hydrogen) atoms. The molecule has 0 aliphatic carbocycles. The number of rotatable bonds is 3. The highest BCUT2D eigenvalue weighted by atomic mass is 32.2. The maximum absolute atomic E-state index is 11.6. The lowest BCUT2D eigenvalue weighted by atomic mass is 10.4. The molecule has 1 atom stereocenters. The van der Waals surface area contributed by atoms with Crippen molar-refractivity contribution in [3.8, 4) is 0 Å². The van der Waals surface area contributed by atoms with Crippen LogP contribution in [-0.2, 0) is 4.79 Å². The monoisotopic (exact) mass is 240 g/mol. The zero-order valence-electron chi connectivity index (χ0n) is 9.89. The Balaban J connectivity index is 2.76. The fourth-order valence-corrected chi connectivity index (χ4v) is 2.17. The van der Waals surface area contributed by atoms with Crippen LogP contribution in [0.4, 0.5) is 5.82 Å². The van der Waals surface area contributed by atoms with Crippen molar-refractivity contribution in [1.29, 1.82) is 0 Å². The second-order valence-electron chi connectivity index (χ2n) is 3.71. The minimum absolute atomic E-state index is 0.0358. The summed E-state index contributed by atoms with van der Waals surface area (Å²) in [5.41, 5.74) is 6.42. The van der Waals surface area contributed by atoms with E-state index in [4.69, 9.17) is 5.73 Å². The molecule has 1 heterocycles. The van der Waals surface area contributed by atoms with Crippen LogP contribution in [0, 0.1) is 6.92 Å². The Morgan fingerprint density at radius 2 is 2.12 bits per heavy atom. The summed E-state index contributed by atoms with van der Waals surface area (Å²) in [6, 6.07) is 1.70. The number of carbonyl (C=O) groups is 1. The molecule has 0 aliphatic heterocycles. The van der Waals surface area contributed by atoms with E-state index in [0.717, 1.165) is 5.69 Å². The van der Waals surface area contributed by atoms with Gasteiger partial charge in [0.1, 0.15) is 5.82 Å². The first-order valence-corrected chi connectivity index (χ1v) is 5.77. The van der Waals surface area contributed by atoms with Crippen LogP contribution in [0.15, 0.2) is 11.2 Å². The highest BCUT2D eigenvalue weighted by Crippen LogP contribution is 2.21. The quantitative estimate of drug-likeness (QED) is 0.628. The Hall–Kier alpha value is -1.30.